The van der Waals surface area contributed by atoms with Crippen LogP contribution >= 0.6 is 0 Å². The van der Waals surface area contributed by atoms with Crippen molar-refractivity contribution >= 4 is 11.9 Å². The number of hydrogen-bond donors (Lipinski definition) is 0. The highest BCUT2D eigenvalue weighted by atomic mass is 19.4. The van der Waals surface area contributed by atoms with Crippen LogP contribution in [-0.4, -0.2) is 35.5 Å². The Morgan fingerprint density at radius 3 is 1.61 bits per heavy atom. The van der Waals surface area contributed by atoms with Gasteiger partial charge in [-0.05, 0) is 63.2 Å². The summed E-state index contributed by atoms with van der Waals surface area (Å²) in [6.07, 6.45) is -9.31. The van der Waals surface area contributed by atoms with Crippen molar-refractivity contribution in [2.45, 2.75) is 69.0 Å². The Morgan fingerprint density at radius 1 is 0.893 bits per heavy atom. The highest BCUT2D eigenvalue weighted by Crippen LogP contribution is 2.58. The average molecular weight is 414 g/mol. The van der Waals surface area contributed by atoms with Crippen molar-refractivity contribution in [2.75, 3.05) is 0 Å². The normalized spacial score (nSPS) is 32.2. The Labute approximate surface area is 157 Å². The summed E-state index contributed by atoms with van der Waals surface area (Å²) >= 11 is 0. The van der Waals surface area contributed by atoms with Crippen LogP contribution < -0.4 is 0 Å². The van der Waals surface area contributed by atoms with E-state index in [0.29, 0.717) is 0 Å². The summed E-state index contributed by atoms with van der Waals surface area (Å²) in [6, 6.07) is 0. The smallest absolute Gasteiger partial charge is 0.449 e. The van der Waals surface area contributed by atoms with Gasteiger partial charge in [0, 0.05) is 5.57 Å². The molecule has 4 nitrogen and oxygen atoms in total. The molecular weight excluding hydrogens is 394 g/mol. The lowest BCUT2D eigenvalue weighted by Crippen LogP contribution is -2.67. The third kappa shape index (κ3) is 3.28. The number of hydrogen-bond acceptors (Lipinski definition) is 4. The predicted molar refractivity (Wildman–Crippen MR) is 82.7 cm³/mol. The molecule has 4 aliphatic carbocycles. The molecule has 0 atom stereocenters. The highest BCUT2D eigenvalue weighted by molar-refractivity contribution is 5.92. The fraction of sp³-hybridized carbons (Fsp3) is 0.778. The minimum absolute atomic E-state index is 0.114. The fourth-order valence-corrected chi connectivity index (χ4v) is 5.20. The summed E-state index contributed by atoms with van der Waals surface area (Å²) in [5.41, 5.74) is -7.47. The summed E-state index contributed by atoms with van der Waals surface area (Å²) in [7, 11) is 0. The van der Waals surface area contributed by atoms with Crippen molar-refractivity contribution in [3.8, 4) is 0 Å². The van der Waals surface area contributed by atoms with Gasteiger partial charge in [0.05, 0.1) is 0 Å². The van der Waals surface area contributed by atoms with Gasteiger partial charge in [-0.25, -0.2) is 9.59 Å². The van der Waals surface area contributed by atoms with E-state index in [0.717, 1.165) is 26.2 Å². The Hall–Kier alpha value is -1.74. The van der Waals surface area contributed by atoms with Crippen LogP contribution in [-0.2, 0) is 19.1 Å². The molecule has 0 saturated heterocycles. The number of carbonyl (C=O) groups is 2. The second-order valence-electron chi connectivity index (χ2n) is 8.34. The first-order valence-corrected chi connectivity index (χ1v) is 8.95. The standard InChI is InChI=1S/C18H20F6O4/c1-9(2)13(25)27-16(17(19,20)21,18(22,23)24)14(26)28-15-6-10-3-11(7-15)5-12(4-10)8-15/h10-12H,1,3-8H2,2H3. The fourth-order valence-electron chi connectivity index (χ4n) is 5.20. The second kappa shape index (κ2) is 6.38. The molecule has 28 heavy (non-hydrogen) atoms. The summed E-state index contributed by atoms with van der Waals surface area (Å²) in [5.74, 6) is -4.27. The Balaban J connectivity index is 1.97. The van der Waals surface area contributed by atoms with Crippen LogP contribution in [0.5, 0.6) is 0 Å². The molecule has 4 bridgehead atoms. The third-order valence-corrected chi connectivity index (χ3v) is 5.97. The van der Waals surface area contributed by atoms with Crippen molar-refractivity contribution in [2.24, 2.45) is 17.8 Å². The molecule has 4 rings (SSSR count). The molecule has 4 aliphatic rings. The minimum atomic E-state index is -6.25. The van der Waals surface area contributed by atoms with E-state index >= 15 is 0 Å². The van der Waals surface area contributed by atoms with E-state index in [-0.39, 0.29) is 37.0 Å². The van der Waals surface area contributed by atoms with E-state index < -0.39 is 41.1 Å². The first kappa shape index (κ1) is 21.0. The lowest BCUT2D eigenvalue weighted by atomic mass is 9.54. The molecule has 0 aromatic carbocycles. The predicted octanol–water partition coefficient (Wildman–Crippen LogP) is 4.48. The third-order valence-electron chi connectivity index (χ3n) is 5.97. The molecule has 0 aliphatic heterocycles. The molecule has 10 heteroatoms. The summed E-state index contributed by atoms with van der Waals surface area (Å²) < 4.78 is 90.2. The number of halogens is 6. The lowest BCUT2D eigenvalue weighted by molar-refractivity contribution is -0.362. The van der Waals surface area contributed by atoms with E-state index in [2.05, 4.69) is 11.3 Å². The van der Waals surface area contributed by atoms with Crippen LogP contribution in [0.3, 0.4) is 0 Å². The van der Waals surface area contributed by atoms with Crippen LogP contribution in [0.2, 0.25) is 0 Å². The molecular formula is C18H20F6O4. The molecule has 4 fully saturated rings. The molecule has 0 amide bonds. The Bertz CT molecular complexity index is 644. The van der Waals surface area contributed by atoms with Crippen molar-refractivity contribution < 1.29 is 45.4 Å². The molecule has 0 spiro atoms. The van der Waals surface area contributed by atoms with Gasteiger partial charge in [0.2, 0.25) is 0 Å². The van der Waals surface area contributed by atoms with Crippen molar-refractivity contribution in [1.29, 1.82) is 0 Å². The summed E-state index contributed by atoms with van der Waals surface area (Å²) in [6.45, 7) is 3.86. The number of alkyl halides is 6. The average Bonchev–Trinajstić information content (AvgIpc) is 2.47. The maximum Gasteiger partial charge on any atom is 0.449 e. The zero-order valence-electron chi connectivity index (χ0n) is 15.1. The van der Waals surface area contributed by atoms with Crippen molar-refractivity contribution in [3.63, 3.8) is 0 Å². The van der Waals surface area contributed by atoms with Crippen molar-refractivity contribution in [3.05, 3.63) is 12.2 Å². The molecule has 0 N–H and O–H groups in total. The van der Waals surface area contributed by atoms with E-state index in [4.69, 9.17) is 4.74 Å². The zero-order chi connectivity index (χ0) is 21.1. The molecule has 0 heterocycles. The van der Waals surface area contributed by atoms with Gasteiger partial charge in [-0.3, -0.25) is 0 Å². The van der Waals surface area contributed by atoms with E-state index in [1.54, 1.807) is 0 Å². The molecule has 4 saturated carbocycles. The molecule has 158 valence electrons. The SMILES string of the molecule is C=C(C)C(=O)OC(C(=O)OC12CC3CC(CC(C3)C1)C2)(C(F)(F)F)C(F)(F)F. The van der Waals surface area contributed by atoms with Crippen LogP contribution in [0.1, 0.15) is 45.4 Å². The van der Waals surface area contributed by atoms with Gasteiger partial charge in [0.25, 0.3) is 0 Å². The number of ether oxygens (including phenoxy) is 2. The Morgan fingerprint density at radius 2 is 1.29 bits per heavy atom. The van der Waals surface area contributed by atoms with Gasteiger partial charge in [-0.1, -0.05) is 6.58 Å². The molecule has 0 radical (unpaired) electrons. The first-order chi connectivity index (χ1) is 12.7. The summed E-state index contributed by atoms with van der Waals surface area (Å²) in [4.78, 5) is 24.0. The van der Waals surface area contributed by atoms with Crippen LogP contribution in [0.4, 0.5) is 26.3 Å². The highest BCUT2D eigenvalue weighted by Gasteiger charge is 2.81. The van der Waals surface area contributed by atoms with Gasteiger partial charge in [-0.2, -0.15) is 26.3 Å². The number of carbonyl (C=O) groups excluding carboxylic acids is 2. The van der Waals surface area contributed by atoms with Crippen molar-refractivity contribution in [1.82, 2.24) is 0 Å². The van der Waals surface area contributed by atoms with Gasteiger partial charge >= 0.3 is 29.9 Å². The quantitative estimate of drug-likeness (QED) is 0.387. The van der Waals surface area contributed by atoms with Gasteiger partial charge in [-0.15, -0.1) is 0 Å². The number of esters is 2. The topological polar surface area (TPSA) is 52.6 Å². The second-order valence-corrected chi connectivity index (χ2v) is 8.34. The molecule has 0 aromatic heterocycles. The molecule has 0 aromatic rings. The maximum absolute atomic E-state index is 13.6. The van der Waals surface area contributed by atoms with Gasteiger partial charge < -0.3 is 9.47 Å². The Kier molecular flexibility index (Phi) is 4.78. The summed E-state index contributed by atoms with van der Waals surface area (Å²) in [5, 5.41) is 0. The maximum atomic E-state index is 13.6. The van der Waals surface area contributed by atoms with E-state index in [1.807, 2.05) is 0 Å². The van der Waals surface area contributed by atoms with Gasteiger partial charge in [0.1, 0.15) is 5.60 Å². The van der Waals surface area contributed by atoms with E-state index in [1.165, 1.54) is 0 Å². The largest absolute Gasteiger partial charge is 0.456 e. The first-order valence-electron chi connectivity index (χ1n) is 8.95. The van der Waals surface area contributed by atoms with Gasteiger partial charge in [0.15, 0.2) is 0 Å². The van der Waals surface area contributed by atoms with Crippen LogP contribution in [0.25, 0.3) is 0 Å². The minimum Gasteiger partial charge on any atom is -0.456 e. The van der Waals surface area contributed by atoms with E-state index in [9.17, 15) is 35.9 Å². The number of rotatable bonds is 4. The zero-order valence-corrected chi connectivity index (χ0v) is 15.1. The van der Waals surface area contributed by atoms with Crippen LogP contribution in [0.15, 0.2) is 12.2 Å². The lowest BCUT2D eigenvalue weighted by Gasteiger charge is -2.56. The van der Waals surface area contributed by atoms with Crippen LogP contribution in [0, 0.1) is 17.8 Å². The molecule has 0 unspecified atom stereocenters. The monoisotopic (exact) mass is 414 g/mol.